The van der Waals surface area contributed by atoms with Crippen LogP contribution in [-0.4, -0.2) is 16.7 Å². The van der Waals surface area contributed by atoms with Crippen LogP contribution in [0, 0.1) is 5.92 Å². The van der Waals surface area contributed by atoms with Crippen molar-refractivity contribution in [2.75, 3.05) is 10.2 Å². The monoisotopic (exact) mass is 517 g/mol. The molecular formula is C24H18Cl3N3O2S. The van der Waals surface area contributed by atoms with Crippen molar-refractivity contribution >= 4 is 69.4 Å². The van der Waals surface area contributed by atoms with Crippen molar-refractivity contribution in [1.82, 2.24) is 5.32 Å². The first-order chi connectivity index (χ1) is 15.8. The van der Waals surface area contributed by atoms with E-state index in [0.29, 0.717) is 37.3 Å². The van der Waals surface area contributed by atoms with Crippen LogP contribution < -0.4 is 20.3 Å². The highest BCUT2D eigenvalue weighted by Gasteiger charge is 2.59. The number of fused-ring (bicyclic) bond motifs is 4. The van der Waals surface area contributed by atoms with E-state index in [-0.39, 0.29) is 5.91 Å². The Morgan fingerprint density at radius 3 is 2.45 bits per heavy atom. The van der Waals surface area contributed by atoms with Gasteiger partial charge < -0.3 is 15.4 Å². The van der Waals surface area contributed by atoms with Gasteiger partial charge in [-0.2, -0.15) is 0 Å². The van der Waals surface area contributed by atoms with Gasteiger partial charge in [-0.25, -0.2) is 0 Å². The Hall–Kier alpha value is -2.51. The highest BCUT2D eigenvalue weighted by Crippen LogP contribution is 2.50. The van der Waals surface area contributed by atoms with Crippen LogP contribution in [-0.2, 0) is 4.79 Å². The average molecular weight is 519 g/mol. The quantitative estimate of drug-likeness (QED) is 0.391. The van der Waals surface area contributed by atoms with Crippen LogP contribution in [0.2, 0.25) is 15.1 Å². The molecule has 1 fully saturated rings. The second-order valence-corrected chi connectivity index (χ2v) is 9.75. The number of amides is 1. The summed E-state index contributed by atoms with van der Waals surface area (Å²) in [7, 11) is 0. The minimum Gasteiger partial charge on any atom is -0.467 e. The summed E-state index contributed by atoms with van der Waals surface area (Å²) in [5, 5.41) is 8.43. The van der Waals surface area contributed by atoms with Crippen molar-refractivity contribution in [3.63, 3.8) is 0 Å². The number of halogens is 3. The number of anilines is 2. The Labute approximate surface area is 211 Å². The molecule has 0 spiro atoms. The minimum atomic E-state index is -1.14. The molecule has 0 radical (unpaired) electrons. The number of nitrogens with zero attached hydrogens (tertiary/aromatic N) is 1. The van der Waals surface area contributed by atoms with E-state index in [0.717, 1.165) is 5.56 Å². The van der Waals surface area contributed by atoms with Crippen molar-refractivity contribution in [2.45, 2.75) is 18.7 Å². The first-order valence-electron chi connectivity index (χ1n) is 10.2. The first kappa shape index (κ1) is 22.3. The van der Waals surface area contributed by atoms with Gasteiger partial charge in [-0.1, -0.05) is 40.9 Å². The van der Waals surface area contributed by atoms with Crippen molar-refractivity contribution in [1.29, 1.82) is 0 Å². The van der Waals surface area contributed by atoms with E-state index in [1.807, 2.05) is 25.1 Å². The number of rotatable bonds is 3. The van der Waals surface area contributed by atoms with E-state index in [1.165, 1.54) is 0 Å². The number of carbonyl (C=O) groups excluding carboxylic acids is 1. The van der Waals surface area contributed by atoms with Crippen molar-refractivity contribution in [3.05, 3.63) is 87.4 Å². The standard InChI is InChI=1S/C24H18Cl3N3O2S/c1-24-20(22(31)28-16-8-5-13(25)6-9-16)21(18-12-15(27)7-10-19(18)32-24)29-23(33)30(24)17-4-2-3-14(26)11-17/h2-12,20-21H,1H3,(H,28,31)(H,29,33)/t20-,21+,24+/m1/s1. The smallest absolute Gasteiger partial charge is 0.236 e. The zero-order valence-corrected chi connectivity index (χ0v) is 20.4. The Bertz CT molecular complexity index is 1270. The first-order valence-corrected chi connectivity index (χ1v) is 11.7. The van der Waals surface area contributed by atoms with Gasteiger partial charge in [0.05, 0.1) is 6.04 Å². The number of benzene rings is 3. The molecule has 0 saturated carbocycles. The van der Waals surface area contributed by atoms with Crippen molar-refractivity contribution in [2.24, 2.45) is 5.92 Å². The summed E-state index contributed by atoms with van der Waals surface area (Å²) < 4.78 is 6.53. The van der Waals surface area contributed by atoms with E-state index in [1.54, 1.807) is 53.4 Å². The fraction of sp³-hybridized carbons (Fsp3) is 0.167. The van der Waals surface area contributed by atoms with E-state index in [9.17, 15) is 4.79 Å². The molecule has 33 heavy (non-hydrogen) atoms. The number of hydrogen-bond donors (Lipinski definition) is 2. The van der Waals surface area contributed by atoms with Crippen LogP contribution in [0.25, 0.3) is 0 Å². The zero-order valence-electron chi connectivity index (χ0n) is 17.3. The normalized spacial score (nSPS) is 23.3. The summed E-state index contributed by atoms with van der Waals surface area (Å²) >= 11 is 24.3. The lowest BCUT2D eigenvalue weighted by atomic mass is 9.78. The Morgan fingerprint density at radius 2 is 1.73 bits per heavy atom. The summed E-state index contributed by atoms with van der Waals surface area (Å²) in [5.41, 5.74) is 0.960. The molecule has 2 aliphatic heterocycles. The maximum Gasteiger partial charge on any atom is 0.236 e. The van der Waals surface area contributed by atoms with Crippen LogP contribution in [0.3, 0.4) is 0 Å². The fourth-order valence-corrected chi connectivity index (χ4v) is 5.42. The summed E-state index contributed by atoms with van der Waals surface area (Å²) in [6.45, 7) is 1.86. The largest absolute Gasteiger partial charge is 0.467 e. The van der Waals surface area contributed by atoms with E-state index >= 15 is 0 Å². The molecule has 2 bridgehead atoms. The molecule has 5 nitrogen and oxygen atoms in total. The summed E-state index contributed by atoms with van der Waals surface area (Å²) in [5.74, 6) is -0.299. The van der Waals surface area contributed by atoms with Crippen molar-refractivity contribution < 1.29 is 9.53 Å². The van der Waals surface area contributed by atoms with Crippen LogP contribution in [0.4, 0.5) is 11.4 Å². The van der Waals surface area contributed by atoms with Crippen LogP contribution in [0.15, 0.2) is 66.7 Å². The molecule has 3 aromatic rings. The van der Waals surface area contributed by atoms with Crippen LogP contribution in [0.5, 0.6) is 5.75 Å². The zero-order chi connectivity index (χ0) is 23.3. The number of hydrogen-bond acceptors (Lipinski definition) is 3. The molecule has 1 saturated heterocycles. The van der Waals surface area contributed by atoms with Crippen molar-refractivity contribution in [3.8, 4) is 5.75 Å². The highest BCUT2D eigenvalue weighted by molar-refractivity contribution is 7.80. The Kier molecular flexibility index (Phi) is 5.65. The van der Waals surface area contributed by atoms with Crippen LogP contribution in [0.1, 0.15) is 18.5 Å². The Morgan fingerprint density at radius 1 is 1.03 bits per heavy atom. The molecule has 0 unspecified atom stereocenters. The lowest BCUT2D eigenvalue weighted by molar-refractivity contribution is -0.130. The van der Waals surface area contributed by atoms with Crippen LogP contribution >= 0.6 is 47.0 Å². The molecule has 9 heteroatoms. The second-order valence-electron chi connectivity index (χ2n) is 8.06. The number of carbonyl (C=O) groups is 1. The average Bonchev–Trinajstić information content (AvgIpc) is 2.75. The van der Waals surface area contributed by atoms with Gasteiger partial charge >= 0.3 is 0 Å². The van der Waals surface area contributed by atoms with Gasteiger partial charge in [0.1, 0.15) is 11.7 Å². The predicted octanol–water partition coefficient (Wildman–Crippen LogP) is 6.45. The molecule has 3 aromatic carbocycles. The topological polar surface area (TPSA) is 53.6 Å². The maximum atomic E-state index is 13.7. The fourth-order valence-electron chi connectivity index (χ4n) is 4.51. The molecule has 2 N–H and O–H groups in total. The van der Waals surface area contributed by atoms with E-state index in [2.05, 4.69) is 10.6 Å². The Balaban J connectivity index is 1.63. The summed E-state index contributed by atoms with van der Waals surface area (Å²) in [6, 6.07) is 19.1. The lowest BCUT2D eigenvalue weighted by Gasteiger charge is -2.56. The molecule has 5 rings (SSSR count). The van der Waals surface area contributed by atoms with Gasteiger partial charge in [0.25, 0.3) is 0 Å². The van der Waals surface area contributed by atoms with E-state index < -0.39 is 17.7 Å². The van der Waals surface area contributed by atoms with Gasteiger partial charge in [0, 0.05) is 32.0 Å². The molecule has 2 aliphatic rings. The van der Waals surface area contributed by atoms with Gasteiger partial charge in [-0.15, -0.1) is 0 Å². The molecule has 2 heterocycles. The van der Waals surface area contributed by atoms with Gasteiger partial charge in [-0.3, -0.25) is 9.69 Å². The highest BCUT2D eigenvalue weighted by atomic mass is 35.5. The molecular weight excluding hydrogens is 501 g/mol. The molecule has 0 aromatic heterocycles. The summed E-state index contributed by atoms with van der Waals surface area (Å²) in [6.07, 6.45) is 0. The SMILES string of the molecule is C[C@@]12Oc3ccc(Cl)cc3[C@H](NC(=S)N1c1cccc(Cl)c1)[C@@H]2C(=O)Nc1ccc(Cl)cc1. The second kappa shape index (κ2) is 8.37. The van der Waals surface area contributed by atoms with Gasteiger partial charge in [0.2, 0.25) is 5.91 Å². The molecule has 3 atom stereocenters. The van der Waals surface area contributed by atoms with E-state index in [4.69, 9.17) is 51.8 Å². The van der Waals surface area contributed by atoms with Gasteiger partial charge in [-0.05, 0) is 79.8 Å². The molecule has 1 amide bonds. The predicted molar refractivity (Wildman–Crippen MR) is 136 cm³/mol. The third-order valence-corrected chi connectivity index (χ3v) is 6.94. The number of nitrogens with one attached hydrogen (secondary N) is 2. The maximum absolute atomic E-state index is 13.7. The van der Waals surface area contributed by atoms with Gasteiger partial charge in [0.15, 0.2) is 10.8 Å². The number of ether oxygens (including phenoxy) is 1. The third kappa shape index (κ3) is 3.91. The summed E-state index contributed by atoms with van der Waals surface area (Å²) in [4.78, 5) is 15.5. The third-order valence-electron chi connectivity index (χ3n) is 5.92. The number of thiocarbonyl (C=S) groups is 1. The molecule has 168 valence electrons. The minimum absolute atomic E-state index is 0.238. The lowest BCUT2D eigenvalue weighted by Crippen LogP contribution is -2.72. The molecule has 0 aliphatic carbocycles.